The minimum absolute atomic E-state index is 0.211. The van der Waals surface area contributed by atoms with Crippen LogP contribution < -0.4 is 15.2 Å². The van der Waals surface area contributed by atoms with Crippen LogP contribution in [0, 0.1) is 11.3 Å². The molecule has 25 heavy (non-hydrogen) atoms. The van der Waals surface area contributed by atoms with Crippen LogP contribution in [-0.4, -0.2) is 33.6 Å². The number of nitrogens with zero attached hydrogens (tertiary/aromatic N) is 4. The molecule has 2 heterocycles. The maximum Gasteiger partial charge on any atom is 0.266 e. The predicted molar refractivity (Wildman–Crippen MR) is 92.5 cm³/mol. The summed E-state index contributed by atoms with van der Waals surface area (Å²) in [6.07, 6.45) is -0.863. The maximum absolute atomic E-state index is 11.6. The number of hydrogen-bond acceptors (Lipinski definition) is 6. The molecule has 1 N–H and O–H groups in total. The topological polar surface area (TPSA) is 91.4 Å². The van der Waals surface area contributed by atoms with Gasteiger partial charge in [0.05, 0.1) is 17.7 Å². The molecule has 2 aromatic rings. The smallest absolute Gasteiger partial charge is 0.266 e. The maximum atomic E-state index is 11.6. The van der Waals surface area contributed by atoms with Gasteiger partial charge < -0.3 is 14.7 Å². The number of aromatic nitrogens is 2. The largest absolute Gasteiger partial charge is 0.485 e. The van der Waals surface area contributed by atoms with Crippen LogP contribution in [0.3, 0.4) is 0 Å². The van der Waals surface area contributed by atoms with E-state index in [1.54, 1.807) is 43.3 Å². The molecule has 1 aromatic carbocycles. The van der Waals surface area contributed by atoms with Crippen LogP contribution in [0.2, 0.25) is 0 Å². The second-order valence-corrected chi connectivity index (χ2v) is 6.72. The Morgan fingerprint density at radius 1 is 1.36 bits per heavy atom. The van der Waals surface area contributed by atoms with E-state index < -0.39 is 17.7 Å². The van der Waals surface area contributed by atoms with Crippen molar-refractivity contribution in [2.24, 2.45) is 7.05 Å². The molecule has 7 nitrogen and oxygen atoms in total. The van der Waals surface area contributed by atoms with Gasteiger partial charge in [-0.15, -0.1) is 0 Å². The van der Waals surface area contributed by atoms with E-state index in [1.807, 2.05) is 13.8 Å². The fourth-order valence-corrected chi connectivity index (χ4v) is 3.08. The first-order valence-electron chi connectivity index (χ1n) is 7.93. The molecule has 0 spiro atoms. The summed E-state index contributed by atoms with van der Waals surface area (Å²) in [5.74, 6) is 1.16. The van der Waals surface area contributed by atoms with Crippen molar-refractivity contribution in [3.8, 4) is 11.8 Å². The van der Waals surface area contributed by atoms with Crippen molar-refractivity contribution < 1.29 is 9.84 Å². The SMILES string of the molecule is CN(c1ccc(=O)n(C)n1)C1c2cc(C#N)ccc2OC(C)(C)C1O. The van der Waals surface area contributed by atoms with E-state index in [2.05, 4.69) is 11.2 Å². The number of ether oxygens (including phenoxy) is 1. The van der Waals surface area contributed by atoms with Gasteiger partial charge in [0.2, 0.25) is 0 Å². The minimum atomic E-state index is -0.863. The van der Waals surface area contributed by atoms with Gasteiger partial charge in [-0.1, -0.05) is 0 Å². The number of rotatable bonds is 2. The second kappa shape index (κ2) is 5.90. The molecule has 7 heteroatoms. The van der Waals surface area contributed by atoms with Crippen LogP contribution in [0.1, 0.15) is 31.0 Å². The first-order chi connectivity index (χ1) is 11.7. The summed E-state index contributed by atoms with van der Waals surface area (Å²) < 4.78 is 7.17. The first kappa shape index (κ1) is 17.0. The third-order valence-electron chi connectivity index (χ3n) is 4.57. The average molecular weight is 340 g/mol. The normalized spacial score (nSPS) is 21.0. The van der Waals surface area contributed by atoms with Gasteiger partial charge in [0.25, 0.3) is 5.56 Å². The standard InChI is InChI=1S/C18H20N4O3/c1-18(2)17(24)16(12-9-11(10-19)5-6-13(12)25-18)21(3)14-7-8-15(23)22(4)20-14/h5-9,16-17,24H,1-4H3. The van der Waals surface area contributed by atoms with Crippen molar-refractivity contribution >= 4 is 5.82 Å². The summed E-state index contributed by atoms with van der Waals surface area (Å²) in [6, 6.07) is 9.84. The van der Waals surface area contributed by atoms with Crippen LogP contribution in [0.4, 0.5) is 5.82 Å². The van der Waals surface area contributed by atoms with Crippen molar-refractivity contribution in [2.45, 2.75) is 31.6 Å². The molecule has 0 amide bonds. The van der Waals surface area contributed by atoms with Gasteiger partial charge >= 0.3 is 0 Å². The zero-order valence-corrected chi connectivity index (χ0v) is 14.6. The summed E-state index contributed by atoms with van der Waals surface area (Å²) >= 11 is 0. The lowest BCUT2D eigenvalue weighted by molar-refractivity contribution is -0.0580. The Morgan fingerprint density at radius 2 is 2.08 bits per heavy atom. The minimum Gasteiger partial charge on any atom is -0.485 e. The number of anilines is 1. The average Bonchev–Trinajstić information content (AvgIpc) is 2.57. The van der Waals surface area contributed by atoms with Crippen LogP contribution in [0.15, 0.2) is 35.1 Å². The Kier molecular flexibility index (Phi) is 4.01. The molecule has 0 radical (unpaired) electrons. The van der Waals surface area contributed by atoms with Gasteiger partial charge in [-0.05, 0) is 38.1 Å². The van der Waals surface area contributed by atoms with Gasteiger partial charge in [0, 0.05) is 25.7 Å². The number of aliphatic hydroxyl groups excluding tert-OH is 1. The lowest BCUT2D eigenvalue weighted by Crippen LogP contribution is -2.53. The lowest BCUT2D eigenvalue weighted by Gasteiger charge is -2.45. The Hall–Kier alpha value is -2.85. The molecular weight excluding hydrogens is 320 g/mol. The number of aryl methyl sites for hydroxylation is 1. The molecule has 0 aliphatic carbocycles. The fraction of sp³-hybridized carbons (Fsp3) is 0.389. The molecule has 1 aromatic heterocycles. The highest BCUT2D eigenvalue weighted by molar-refractivity contribution is 5.51. The predicted octanol–water partition coefficient (Wildman–Crippen LogP) is 1.36. The molecule has 2 unspecified atom stereocenters. The Morgan fingerprint density at radius 3 is 2.72 bits per heavy atom. The lowest BCUT2D eigenvalue weighted by atomic mass is 9.85. The second-order valence-electron chi connectivity index (χ2n) is 6.72. The highest BCUT2D eigenvalue weighted by atomic mass is 16.5. The van der Waals surface area contributed by atoms with Gasteiger partial charge in [0.15, 0.2) is 0 Å². The first-order valence-corrected chi connectivity index (χ1v) is 7.93. The van der Waals surface area contributed by atoms with E-state index in [9.17, 15) is 15.2 Å². The van der Waals surface area contributed by atoms with Gasteiger partial charge in [-0.2, -0.15) is 10.4 Å². The molecule has 0 bridgehead atoms. The summed E-state index contributed by atoms with van der Waals surface area (Å²) in [6.45, 7) is 3.63. The fourth-order valence-electron chi connectivity index (χ4n) is 3.08. The molecule has 0 fully saturated rings. The molecule has 1 aliphatic heterocycles. The zero-order chi connectivity index (χ0) is 18.4. The number of benzene rings is 1. The molecule has 130 valence electrons. The molecular formula is C18H20N4O3. The van der Waals surface area contributed by atoms with E-state index in [4.69, 9.17) is 4.74 Å². The van der Waals surface area contributed by atoms with E-state index >= 15 is 0 Å². The van der Waals surface area contributed by atoms with Crippen molar-refractivity contribution in [1.82, 2.24) is 9.78 Å². The summed E-state index contributed by atoms with van der Waals surface area (Å²) in [5, 5.41) is 24.4. The van der Waals surface area contributed by atoms with Crippen molar-refractivity contribution in [3.05, 3.63) is 51.8 Å². The van der Waals surface area contributed by atoms with E-state index in [1.165, 1.54) is 10.7 Å². The van der Waals surface area contributed by atoms with Crippen molar-refractivity contribution in [3.63, 3.8) is 0 Å². The summed E-state index contributed by atoms with van der Waals surface area (Å²) in [7, 11) is 3.37. The van der Waals surface area contributed by atoms with Crippen LogP contribution >= 0.6 is 0 Å². The summed E-state index contributed by atoms with van der Waals surface area (Å²) in [5.41, 5.74) is 0.170. The third kappa shape index (κ3) is 2.85. The highest BCUT2D eigenvalue weighted by Gasteiger charge is 2.45. The van der Waals surface area contributed by atoms with Crippen molar-refractivity contribution in [1.29, 1.82) is 5.26 Å². The Bertz CT molecular complexity index is 913. The van der Waals surface area contributed by atoms with Crippen molar-refractivity contribution in [2.75, 3.05) is 11.9 Å². The summed E-state index contributed by atoms with van der Waals surface area (Å²) in [4.78, 5) is 13.4. The van der Waals surface area contributed by atoms with E-state index in [0.717, 1.165) is 0 Å². The molecule has 3 rings (SSSR count). The number of fused-ring (bicyclic) bond motifs is 1. The number of aliphatic hydroxyl groups is 1. The quantitative estimate of drug-likeness (QED) is 0.888. The molecule has 0 saturated heterocycles. The Balaban J connectivity index is 2.14. The van der Waals surface area contributed by atoms with E-state index in [-0.39, 0.29) is 5.56 Å². The van der Waals surface area contributed by atoms with E-state index in [0.29, 0.717) is 22.7 Å². The monoisotopic (exact) mass is 340 g/mol. The number of nitriles is 1. The van der Waals surface area contributed by atoms with Gasteiger partial charge in [-0.3, -0.25) is 4.79 Å². The molecule has 2 atom stereocenters. The van der Waals surface area contributed by atoms with Crippen LogP contribution in [0.5, 0.6) is 5.75 Å². The van der Waals surface area contributed by atoms with Gasteiger partial charge in [0.1, 0.15) is 23.3 Å². The van der Waals surface area contributed by atoms with Crippen LogP contribution in [0.25, 0.3) is 0 Å². The molecule has 0 saturated carbocycles. The number of likely N-dealkylation sites (N-methyl/N-ethyl adjacent to an activating group) is 1. The highest BCUT2D eigenvalue weighted by Crippen LogP contribution is 2.43. The third-order valence-corrected chi connectivity index (χ3v) is 4.57. The Labute approximate surface area is 145 Å². The number of hydrogen-bond donors (Lipinski definition) is 1. The zero-order valence-electron chi connectivity index (χ0n) is 14.6. The van der Waals surface area contributed by atoms with Gasteiger partial charge in [-0.25, -0.2) is 4.68 Å². The van der Waals surface area contributed by atoms with Crippen LogP contribution in [-0.2, 0) is 7.05 Å². The molecule has 1 aliphatic rings.